The van der Waals surface area contributed by atoms with Gasteiger partial charge in [-0.3, -0.25) is 4.79 Å². The Bertz CT molecular complexity index is 169. The van der Waals surface area contributed by atoms with Gasteiger partial charge in [-0.05, 0) is 20.8 Å². The normalized spacial score (nSPS) is 39.5. The van der Waals surface area contributed by atoms with Crippen LogP contribution in [0.4, 0.5) is 0 Å². The van der Waals surface area contributed by atoms with Crippen LogP contribution in [0.15, 0.2) is 0 Å². The Labute approximate surface area is 67.8 Å². The second-order valence-electron chi connectivity index (χ2n) is 3.37. The van der Waals surface area contributed by atoms with Crippen molar-refractivity contribution in [3.63, 3.8) is 0 Å². The van der Waals surface area contributed by atoms with Crippen molar-refractivity contribution >= 4 is 5.91 Å². The standard InChI is InChI=1S/C8H16N2O/c1-5-7(3)10(4)8(11)6(2)9-5/h5-7,9H,1-4H3/t5-,6+,7-/m1/s1. The van der Waals surface area contributed by atoms with Gasteiger partial charge in [-0.25, -0.2) is 0 Å². The molecule has 0 saturated carbocycles. The molecule has 3 nitrogen and oxygen atoms in total. The summed E-state index contributed by atoms with van der Waals surface area (Å²) in [6.07, 6.45) is 0. The van der Waals surface area contributed by atoms with E-state index < -0.39 is 0 Å². The van der Waals surface area contributed by atoms with E-state index in [1.54, 1.807) is 0 Å². The molecule has 1 fully saturated rings. The molecule has 11 heavy (non-hydrogen) atoms. The van der Waals surface area contributed by atoms with Gasteiger partial charge >= 0.3 is 0 Å². The fraction of sp³-hybridized carbons (Fsp3) is 0.875. The SMILES string of the molecule is C[C@@H]1N[C@H](C)[C@@H](C)N(C)C1=O. The average Bonchev–Trinajstić information content (AvgIpc) is 1.97. The second-order valence-corrected chi connectivity index (χ2v) is 3.37. The molecule has 3 atom stereocenters. The smallest absolute Gasteiger partial charge is 0.239 e. The van der Waals surface area contributed by atoms with E-state index in [4.69, 9.17) is 0 Å². The minimum atomic E-state index is -0.0220. The summed E-state index contributed by atoms with van der Waals surface area (Å²) in [7, 11) is 1.86. The molecule has 64 valence electrons. The Morgan fingerprint density at radius 2 is 1.91 bits per heavy atom. The number of nitrogens with zero attached hydrogens (tertiary/aromatic N) is 1. The van der Waals surface area contributed by atoms with Crippen LogP contribution in [0.5, 0.6) is 0 Å². The van der Waals surface area contributed by atoms with Gasteiger partial charge in [0.1, 0.15) is 0 Å². The molecular formula is C8H16N2O. The van der Waals surface area contributed by atoms with Crippen LogP contribution in [0.25, 0.3) is 0 Å². The molecule has 0 aromatic carbocycles. The third kappa shape index (κ3) is 1.38. The summed E-state index contributed by atoms with van der Waals surface area (Å²) in [5.41, 5.74) is 0. The highest BCUT2D eigenvalue weighted by Gasteiger charge is 2.31. The minimum absolute atomic E-state index is 0.0220. The molecule has 0 unspecified atom stereocenters. The predicted octanol–water partition coefficient (Wildman–Crippen LogP) is 0.213. The number of hydrogen-bond acceptors (Lipinski definition) is 2. The van der Waals surface area contributed by atoms with Gasteiger partial charge in [0.15, 0.2) is 0 Å². The van der Waals surface area contributed by atoms with E-state index in [1.807, 2.05) is 18.9 Å². The molecule has 1 N–H and O–H groups in total. The van der Waals surface area contributed by atoms with E-state index in [0.717, 1.165) is 0 Å². The zero-order valence-electron chi connectivity index (χ0n) is 7.59. The Morgan fingerprint density at radius 3 is 2.45 bits per heavy atom. The van der Waals surface area contributed by atoms with Gasteiger partial charge in [0, 0.05) is 19.1 Å². The van der Waals surface area contributed by atoms with Crippen molar-refractivity contribution in [3.8, 4) is 0 Å². The third-order valence-corrected chi connectivity index (χ3v) is 2.57. The molecule has 0 aliphatic carbocycles. The third-order valence-electron chi connectivity index (χ3n) is 2.57. The van der Waals surface area contributed by atoms with E-state index in [2.05, 4.69) is 19.2 Å². The Kier molecular flexibility index (Phi) is 2.18. The van der Waals surface area contributed by atoms with Gasteiger partial charge in [0.25, 0.3) is 0 Å². The quantitative estimate of drug-likeness (QED) is 0.544. The summed E-state index contributed by atoms with van der Waals surface area (Å²) in [5, 5.41) is 3.22. The maximum Gasteiger partial charge on any atom is 0.239 e. The number of piperazine rings is 1. The number of nitrogens with one attached hydrogen (secondary N) is 1. The first kappa shape index (κ1) is 8.53. The summed E-state index contributed by atoms with van der Waals surface area (Å²) in [5.74, 6) is 0.190. The maximum absolute atomic E-state index is 11.3. The van der Waals surface area contributed by atoms with Crippen molar-refractivity contribution in [2.45, 2.75) is 38.9 Å². The molecule has 1 amide bonds. The maximum atomic E-state index is 11.3. The van der Waals surface area contributed by atoms with Crippen LogP contribution < -0.4 is 5.32 Å². The molecule has 1 rings (SSSR count). The van der Waals surface area contributed by atoms with Crippen molar-refractivity contribution < 1.29 is 4.79 Å². The lowest BCUT2D eigenvalue weighted by atomic mass is 10.0. The Hall–Kier alpha value is -0.570. The molecule has 1 saturated heterocycles. The topological polar surface area (TPSA) is 32.3 Å². The van der Waals surface area contributed by atoms with Gasteiger partial charge in [0.05, 0.1) is 6.04 Å². The van der Waals surface area contributed by atoms with Gasteiger partial charge in [-0.2, -0.15) is 0 Å². The molecule has 0 aromatic rings. The largest absolute Gasteiger partial charge is 0.340 e. The lowest BCUT2D eigenvalue weighted by Crippen LogP contribution is -2.61. The summed E-state index contributed by atoms with van der Waals surface area (Å²) in [4.78, 5) is 13.2. The van der Waals surface area contributed by atoms with E-state index in [9.17, 15) is 4.79 Å². The molecule has 0 radical (unpaired) electrons. The number of rotatable bonds is 0. The second kappa shape index (κ2) is 2.81. The summed E-state index contributed by atoms with van der Waals surface area (Å²) < 4.78 is 0. The first-order valence-electron chi connectivity index (χ1n) is 4.06. The Morgan fingerprint density at radius 1 is 1.36 bits per heavy atom. The van der Waals surface area contributed by atoms with Crippen LogP contribution in [0.1, 0.15) is 20.8 Å². The number of likely N-dealkylation sites (N-methyl/N-ethyl adjacent to an activating group) is 1. The fourth-order valence-corrected chi connectivity index (χ4v) is 1.45. The van der Waals surface area contributed by atoms with Crippen LogP contribution >= 0.6 is 0 Å². The molecule has 0 aromatic heterocycles. The highest BCUT2D eigenvalue weighted by atomic mass is 16.2. The van der Waals surface area contributed by atoms with E-state index in [1.165, 1.54) is 0 Å². The molecule has 1 heterocycles. The number of carbonyl (C=O) groups excluding carboxylic acids is 1. The van der Waals surface area contributed by atoms with Crippen LogP contribution in [0.2, 0.25) is 0 Å². The van der Waals surface area contributed by atoms with Crippen LogP contribution in [-0.2, 0) is 4.79 Å². The highest BCUT2D eigenvalue weighted by Crippen LogP contribution is 2.10. The first-order chi connectivity index (χ1) is 5.04. The number of amides is 1. The van der Waals surface area contributed by atoms with E-state index >= 15 is 0 Å². The lowest BCUT2D eigenvalue weighted by Gasteiger charge is -2.39. The monoisotopic (exact) mass is 156 g/mol. The van der Waals surface area contributed by atoms with Crippen LogP contribution in [-0.4, -0.2) is 36.0 Å². The number of carbonyl (C=O) groups is 1. The van der Waals surface area contributed by atoms with Crippen molar-refractivity contribution in [2.75, 3.05) is 7.05 Å². The Balaban J connectivity index is 2.70. The van der Waals surface area contributed by atoms with Crippen molar-refractivity contribution in [1.82, 2.24) is 10.2 Å². The summed E-state index contributed by atoms with van der Waals surface area (Å²) in [6.45, 7) is 6.06. The predicted molar refractivity (Wildman–Crippen MR) is 44.3 cm³/mol. The minimum Gasteiger partial charge on any atom is -0.340 e. The molecular weight excluding hydrogens is 140 g/mol. The molecule has 3 heteroatoms. The summed E-state index contributed by atoms with van der Waals surface area (Å²) >= 11 is 0. The molecule has 0 bridgehead atoms. The summed E-state index contributed by atoms with van der Waals surface area (Å²) in [6, 6.07) is 0.678. The first-order valence-corrected chi connectivity index (χ1v) is 4.06. The van der Waals surface area contributed by atoms with Gasteiger partial charge < -0.3 is 10.2 Å². The highest BCUT2D eigenvalue weighted by molar-refractivity contribution is 5.82. The number of hydrogen-bond donors (Lipinski definition) is 1. The van der Waals surface area contributed by atoms with Crippen LogP contribution in [0.3, 0.4) is 0 Å². The van der Waals surface area contributed by atoms with Gasteiger partial charge in [-0.1, -0.05) is 0 Å². The van der Waals surface area contributed by atoms with Crippen molar-refractivity contribution in [2.24, 2.45) is 0 Å². The van der Waals surface area contributed by atoms with Gasteiger partial charge in [-0.15, -0.1) is 0 Å². The zero-order valence-corrected chi connectivity index (χ0v) is 7.59. The molecule has 1 aliphatic rings. The van der Waals surface area contributed by atoms with Crippen LogP contribution in [0, 0.1) is 0 Å². The fourth-order valence-electron chi connectivity index (χ4n) is 1.45. The molecule has 0 spiro atoms. The molecule has 1 aliphatic heterocycles. The van der Waals surface area contributed by atoms with Gasteiger partial charge in [0.2, 0.25) is 5.91 Å². The van der Waals surface area contributed by atoms with E-state index in [0.29, 0.717) is 12.1 Å². The zero-order chi connectivity index (χ0) is 8.59. The average molecular weight is 156 g/mol. The lowest BCUT2D eigenvalue weighted by molar-refractivity contribution is -0.137. The van der Waals surface area contributed by atoms with Crippen molar-refractivity contribution in [3.05, 3.63) is 0 Å². The van der Waals surface area contributed by atoms with E-state index in [-0.39, 0.29) is 11.9 Å². The van der Waals surface area contributed by atoms with Crippen molar-refractivity contribution in [1.29, 1.82) is 0 Å².